The summed E-state index contributed by atoms with van der Waals surface area (Å²) in [5.74, 6) is 0.595. The summed E-state index contributed by atoms with van der Waals surface area (Å²) < 4.78 is 0. The molecule has 0 bridgehead atoms. The number of nitrogens with zero attached hydrogens (tertiary/aromatic N) is 3. The summed E-state index contributed by atoms with van der Waals surface area (Å²) in [5, 5.41) is 11.9. The summed E-state index contributed by atoms with van der Waals surface area (Å²) in [6, 6.07) is 7.80. The van der Waals surface area contributed by atoms with Gasteiger partial charge in [-0.25, -0.2) is 4.98 Å². The second-order valence-electron chi connectivity index (χ2n) is 3.62. The monoisotopic (exact) mass is 224 g/mol. The molecular weight excluding hydrogens is 212 g/mol. The average Bonchev–Trinajstić information content (AvgIpc) is 2.38. The number of anilines is 1. The zero-order valence-electron chi connectivity index (χ0n) is 9.73. The van der Waals surface area contributed by atoms with Crippen LogP contribution in [0, 0.1) is 18.3 Å². The van der Waals surface area contributed by atoms with Crippen molar-refractivity contribution in [2.45, 2.75) is 6.92 Å². The third kappa shape index (κ3) is 2.08. The standard InChI is InChI=1S/C13H12N4/c1-9-12(4-3-5-16-9)11-6-10(7-14)13(15-2)17-8-11/h3-6,8H,1-2H3,(H,15,17). The Morgan fingerprint density at radius 1 is 1.35 bits per heavy atom. The van der Waals surface area contributed by atoms with Gasteiger partial charge in [-0.15, -0.1) is 0 Å². The third-order valence-corrected chi connectivity index (χ3v) is 2.56. The Labute approximate surface area is 100.0 Å². The van der Waals surface area contributed by atoms with E-state index in [4.69, 9.17) is 5.26 Å². The van der Waals surface area contributed by atoms with Gasteiger partial charge < -0.3 is 5.32 Å². The number of aromatic nitrogens is 2. The number of hydrogen-bond acceptors (Lipinski definition) is 4. The smallest absolute Gasteiger partial charge is 0.143 e. The van der Waals surface area contributed by atoms with Gasteiger partial charge in [0.15, 0.2) is 0 Å². The topological polar surface area (TPSA) is 61.6 Å². The van der Waals surface area contributed by atoms with Crippen LogP contribution in [-0.2, 0) is 0 Å². The maximum Gasteiger partial charge on any atom is 0.143 e. The molecule has 0 spiro atoms. The second kappa shape index (κ2) is 4.62. The lowest BCUT2D eigenvalue weighted by Gasteiger charge is -2.07. The highest BCUT2D eigenvalue weighted by Gasteiger charge is 2.07. The fraction of sp³-hybridized carbons (Fsp3) is 0.154. The Morgan fingerprint density at radius 2 is 2.18 bits per heavy atom. The first kappa shape index (κ1) is 11.1. The van der Waals surface area contributed by atoms with Crippen LogP contribution in [0.25, 0.3) is 11.1 Å². The zero-order valence-corrected chi connectivity index (χ0v) is 9.73. The van der Waals surface area contributed by atoms with Crippen molar-refractivity contribution >= 4 is 5.82 Å². The van der Waals surface area contributed by atoms with Gasteiger partial charge in [-0.05, 0) is 19.1 Å². The van der Waals surface area contributed by atoms with E-state index < -0.39 is 0 Å². The van der Waals surface area contributed by atoms with Crippen molar-refractivity contribution in [1.82, 2.24) is 9.97 Å². The van der Waals surface area contributed by atoms with Gasteiger partial charge >= 0.3 is 0 Å². The summed E-state index contributed by atoms with van der Waals surface area (Å²) >= 11 is 0. The lowest BCUT2D eigenvalue weighted by atomic mass is 10.0. The molecule has 4 nitrogen and oxygen atoms in total. The highest BCUT2D eigenvalue weighted by atomic mass is 15.0. The van der Waals surface area contributed by atoms with Crippen LogP contribution in [-0.4, -0.2) is 17.0 Å². The molecule has 84 valence electrons. The first-order valence-electron chi connectivity index (χ1n) is 5.26. The van der Waals surface area contributed by atoms with Crippen LogP contribution in [0.2, 0.25) is 0 Å². The summed E-state index contributed by atoms with van der Waals surface area (Å²) in [6.07, 6.45) is 3.50. The number of aryl methyl sites for hydroxylation is 1. The molecular formula is C13H12N4. The third-order valence-electron chi connectivity index (χ3n) is 2.56. The van der Waals surface area contributed by atoms with Crippen LogP contribution < -0.4 is 5.32 Å². The van der Waals surface area contributed by atoms with Crippen LogP contribution in [0.1, 0.15) is 11.3 Å². The first-order valence-corrected chi connectivity index (χ1v) is 5.26. The van der Waals surface area contributed by atoms with Gasteiger partial charge in [-0.2, -0.15) is 5.26 Å². The minimum absolute atomic E-state index is 0.535. The van der Waals surface area contributed by atoms with Crippen LogP contribution in [0.4, 0.5) is 5.82 Å². The molecule has 0 fully saturated rings. The number of nitrogens with one attached hydrogen (secondary N) is 1. The lowest BCUT2D eigenvalue weighted by Crippen LogP contribution is -1.97. The molecule has 2 rings (SSSR count). The first-order chi connectivity index (χ1) is 8.26. The molecule has 0 unspecified atom stereocenters. The normalized spacial score (nSPS) is 9.71. The van der Waals surface area contributed by atoms with Crippen LogP contribution in [0.3, 0.4) is 0 Å². The molecule has 0 aliphatic rings. The summed E-state index contributed by atoms with van der Waals surface area (Å²) in [5.41, 5.74) is 3.37. The van der Waals surface area contributed by atoms with E-state index in [9.17, 15) is 0 Å². The molecule has 2 heterocycles. The van der Waals surface area contributed by atoms with E-state index in [1.54, 1.807) is 19.4 Å². The number of rotatable bonds is 2. The van der Waals surface area contributed by atoms with Crippen molar-refractivity contribution in [3.8, 4) is 17.2 Å². The Morgan fingerprint density at radius 3 is 2.82 bits per heavy atom. The van der Waals surface area contributed by atoms with E-state index in [0.717, 1.165) is 16.8 Å². The molecule has 2 aromatic heterocycles. The molecule has 0 radical (unpaired) electrons. The average molecular weight is 224 g/mol. The summed E-state index contributed by atoms with van der Waals surface area (Å²) in [7, 11) is 1.75. The van der Waals surface area contributed by atoms with E-state index in [0.29, 0.717) is 11.4 Å². The molecule has 1 N–H and O–H groups in total. The zero-order chi connectivity index (χ0) is 12.3. The highest BCUT2D eigenvalue weighted by molar-refractivity contribution is 5.69. The Bertz CT molecular complexity index is 584. The maximum atomic E-state index is 9.04. The predicted molar refractivity (Wildman–Crippen MR) is 66.5 cm³/mol. The van der Waals surface area contributed by atoms with Crippen molar-refractivity contribution in [2.24, 2.45) is 0 Å². The molecule has 4 heteroatoms. The number of hydrogen-bond donors (Lipinski definition) is 1. The van der Waals surface area contributed by atoms with Gasteiger partial charge in [0.25, 0.3) is 0 Å². The van der Waals surface area contributed by atoms with E-state index in [1.807, 2.05) is 25.1 Å². The largest absolute Gasteiger partial charge is 0.372 e. The molecule has 2 aromatic rings. The molecule has 0 saturated heterocycles. The van der Waals surface area contributed by atoms with Gasteiger partial charge in [-0.3, -0.25) is 4.98 Å². The minimum Gasteiger partial charge on any atom is -0.372 e. The summed E-state index contributed by atoms with van der Waals surface area (Å²) in [4.78, 5) is 8.45. The lowest BCUT2D eigenvalue weighted by molar-refractivity contribution is 1.19. The fourth-order valence-electron chi connectivity index (χ4n) is 1.69. The van der Waals surface area contributed by atoms with E-state index in [-0.39, 0.29) is 0 Å². The Kier molecular flexibility index (Phi) is 3.01. The SMILES string of the molecule is CNc1ncc(-c2cccnc2C)cc1C#N. The van der Waals surface area contributed by atoms with Gasteiger partial charge in [-0.1, -0.05) is 6.07 Å². The Balaban J connectivity index is 2.55. The van der Waals surface area contributed by atoms with Crippen LogP contribution in [0.5, 0.6) is 0 Å². The van der Waals surface area contributed by atoms with Crippen molar-refractivity contribution < 1.29 is 0 Å². The van der Waals surface area contributed by atoms with Gasteiger partial charge in [0, 0.05) is 36.3 Å². The van der Waals surface area contributed by atoms with Crippen LogP contribution in [0.15, 0.2) is 30.6 Å². The van der Waals surface area contributed by atoms with Crippen molar-refractivity contribution in [3.63, 3.8) is 0 Å². The second-order valence-corrected chi connectivity index (χ2v) is 3.62. The molecule has 0 saturated carbocycles. The number of pyridine rings is 2. The summed E-state index contributed by atoms with van der Waals surface area (Å²) in [6.45, 7) is 1.94. The van der Waals surface area contributed by atoms with E-state index in [2.05, 4.69) is 21.4 Å². The minimum atomic E-state index is 0.535. The number of nitriles is 1. The molecule has 0 aliphatic heterocycles. The van der Waals surface area contributed by atoms with E-state index >= 15 is 0 Å². The molecule has 0 aliphatic carbocycles. The quantitative estimate of drug-likeness (QED) is 0.850. The van der Waals surface area contributed by atoms with E-state index in [1.165, 1.54) is 0 Å². The molecule has 0 atom stereocenters. The highest BCUT2D eigenvalue weighted by Crippen LogP contribution is 2.24. The van der Waals surface area contributed by atoms with Crippen molar-refractivity contribution in [2.75, 3.05) is 12.4 Å². The Hall–Kier alpha value is -2.41. The predicted octanol–water partition coefficient (Wildman–Crippen LogP) is 2.37. The van der Waals surface area contributed by atoms with Crippen molar-refractivity contribution in [1.29, 1.82) is 5.26 Å². The molecule has 17 heavy (non-hydrogen) atoms. The maximum absolute atomic E-state index is 9.04. The van der Waals surface area contributed by atoms with Gasteiger partial charge in [0.05, 0.1) is 5.56 Å². The van der Waals surface area contributed by atoms with Gasteiger partial charge in [0.1, 0.15) is 11.9 Å². The fourth-order valence-corrected chi connectivity index (χ4v) is 1.69. The molecule has 0 aromatic carbocycles. The molecule has 0 amide bonds. The van der Waals surface area contributed by atoms with Crippen LogP contribution >= 0.6 is 0 Å². The van der Waals surface area contributed by atoms with Crippen molar-refractivity contribution in [3.05, 3.63) is 41.9 Å². The van der Waals surface area contributed by atoms with Gasteiger partial charge in [0.2, 0.25) is 0 Å².